The maximum Gasteiger partial charge on any atom is 0.335 e. The summed E-state index contributed by atoms with van der Waals surface area (Å²) in [7, 11) is 0. The highest BCUT2D eigenvalue weighted by atomic mass is 16.4. The molecule has 1 N–H and O–H groups in total. The third-order valence-electron chi connectivity index (χ3n) is 5.96. The van der Waals surface area contributed by atoms with E-state index < -0.39 is 5.97 Å². The van der Waals surface area contributed by atoms with Crippen molar-refractivity contribution in [2.45, 2.75) is 39.0 Å². The third-order valence-corrected chi connectivity index (χ3v) is 5.96. The van der Waals surface area contributed by atoms with Crippen molar-refractivity contribution in [2.75, 3.05) is 13.1 Å². The summed E-state index contributed by atoms with van der Waals surface area (Å²) in [5.41, 5.74) is 2.87. The summed E-state index contributed by atoms with van der Waals surface area (Å²) in [4.78, 5) is 16.1. The van der Waals surface area contributed by atoms with Crippen LogP contribution in [0.3, 0.4) is 0 Å². The Bertz CT molecular complexity index is 987. The van der Waals surface area contributed by atoms with Crippen LogP contribution in [-0.2, 0) is 13.1 Å². The summed E-state index contributed by atoms with van der Waals surface area (Å²) in [5.74, 6) is -0.874. The van der Waals surface area contributed by atoms with Crippen LogP contribution >= 0.6 is 0 Å². The number of fused-ring (bicyclic) bond motifs is 1. The van der Waals surface area contributed by atoms with Gasteiger partial charge in [0.15, 0.2) is 0 Å². The van der Waals surface area contributed by atoms with Crippen molar-refractivity contribution in [3.63, 3.8) is 0 Å². The fourth-order valence-electron chi connectivity index (χ4n) is 4.47. The van der Waals surface area contributed by atoms with Crippen LogP contribution in [0.15, 0.2) is 66.7 Å². The van der Waals surface area contributed by atoms with Crippen molar-refractivity contribution < 1.29 is 9.90 Å². The number of piperazine rings is 1. The van der Waals surface area contributed by atoms with E-state index in [1.807, 2.05) is 12.1 Å². The fraction of sp³-hybridized carbons (Fsp3) is 0.320. The van der Waals surface area contributed by atoms with Crippen molar-refractivity contribution in [3.05, 3.63) is 83.4 Å². The van der Waals surface area contributed by atoms with E-state index in [4.69, 9.17) is 5.11 Å². The maximum atomic E-state index is 11.0. The van der Waals surface area contributed by atoms with Crippen LogP contribution in [0, 0.1) is 0 Å². The quantitative estimate of drug-likeness (QED) is 0.692. The highest BCUT2D eigenvalue weighted by molar-refractivity contribution is 5.87. The minimum absolute atomic E-state index is 0.343. The van der Waals surface area contributed by atoms with Gasteiger partial charge in [0.2, 0.25) is 0 Å². The second-order valence-electron chi connectivity index (χ2n) is 8.25. The molecule has 4 nitrogen and oxygen atoms in total. The highest BCUT2D eigenvalue weighted by Crippen LogP contribution is 2.23. The molecule has 1 heterocycles. The van der Waals surface area contributed by atoms with Gasteiger partial charge in [-0.05, 0) is 53.9 Å². The van der Waals surface area contributed by atoms with Crippen LogP contribution in [0.4, 0.5) is 0 Å². The third kappa shape index (κ3) is 4.50. The Morgan fingerprint density at radius 1 is 0.862 bits per heavy atom. The van der Waals surface area contributed by atoms with Crippen molar-refractivity contribution in [2.24, 2.45) is 0 Å². The molecule has 3 aromatic rings. The topological polar surface area (TPSA) is 43.8 Å². The first-order valence-corrected chi connectivity index (χ1v) is 10.3. The molecule has 1 fully saturated rings. The molecule has 2 atom stereocenters. The van der Waals surface area contributed by atoms with Crippen LogP contribution in [0.5, 0.6) is 0 Å². The molecule has 0 aromatic heterocycles. The molecule has 0 bridgehead atoms. The molecule has 1 aliphatic rings. The van der Waals surface area contributed by atoms with Crippen LogP contribution in [-0.4, -0.2) is 46.0 Å². The molecule has 0 amide bonds. The van der Waals surface area contributed by atoms with Gasteiger partial charge < -0.3 is 5.11 Å². The van der Waals surface area contributed by atoms with Crippen LogP contribution in [0.2, 0.25) is 0 Å². The number of hydrogen-bond acceptors (Lipinski definition) is 3. The lowest BCUT2D eigenvalue weighted by Gasteiger charge is -2.44. The predicted octanol–water partition coefficient (Wildman–Crippen LogP) is 4.63. The van der Waals surface area contributed by atoms with Gasteiger partial charge in [-0.25, -0.2) is 4.79 Å². The summed E-state index contributed by atoms with van der Waals surface area (Å²) in [6.07, 6.45) is 0. The first kappa shape index (κ1) is 19.6. The highest BCUT2D eigenvalue weighted by Gasteiger charge is 2.29. The molecule has 0 radical (unpaired) electrons. The zero-order valence-electron chi connectivity index (χ0n) is 17.1. The lowest BCUT2D eigenvalue weighted by molar-refractivity contribution is 0.0290. The first-order valence-electron chi connectivity index (χ1n) is 10.3. The van der Waals surface area contributed by atoms with Crippen molar-refractivity contribution in [1.82, 2.24) is 9.80 Å². The Labute approximate surface area is 172 Å². The Morgan fingerprint density at radius 2 is 1.48 bits per heavy atom. The summed E-state index contributed by atoms with van der Waals surface area (Å²) < 4.78 is 0. The molecular formula is C25H28N2O2. The average molecular weight is 389 g/mol. The molecule has 0 spiro atoms. The van der Waals surface area contributed by atoms with E-state index in [-0.39, 0.29) is 0 Å². The molecule has 1 saturated heterocycles. The number of carboxylic acid groups (broad SMARTS) is 1. The molecule has 29 heavy (non-hydrogen) atoms. The normalized spacial score (nSPS) is 20.8. The summed E-state index contributed by atoms with van der Waals surface area (Å²) in [6, 6.07) is 23.5. The summed E-state index contributed by atoms with van der Waals surface area (Å²) >= 11 is 0. The second-order valence-corrected chi connectivity index (χ2v) is 8.25. The largest absolute Gasteiger partial charge is 0.478 e. The van der Waals surface area contributed by atoms with Gasteiger partial charge in [-0.3, -0.25) is 9.80 Å². The summed E-state index contributed by atoms with van der Waals surface area (Å²) in [6.45, 7) is 8.46. The van der Waals surface area contributed by atoms with E-state index in [0.29, 0.717) is 17.6 Å². The van der Waals surface area contributed by atoms with Crippen molar-refractivity contribution in [3.8, 4) is 0 Å². The van der Waals surface area contributed by atoms with Gasteiger partial charge >= 0.3 is 5.97 Å². The maximum absolute atomic E-state index is 11.0. The van der Waals surface area contributed by atoms with E-state index in [2.05, 4.69) is 66.1 Å². The Kier molecular flexibility index (Phi) is 5.65. The Hall–Kier alpha value is -2.69. The zero-order chi connectivity index (χ0) is 20.4. The van der Waals surface area contributed by atoms with Gasteiger partial charge in [-0.15, -0.1) is 0 Å². The second kappa shape index (κ2) is 8.36. The van der Waals surface area contributed by atoms with E-state index in [0.717, 1.165) is 31.7 Å². The molecular weight excluding hydrogens is 360 g/mol. The first-order chi connectivity index (χ1) is 14.0. The molecule has 0 unspecified atom stereocenters. The SMILES string of the molecule is C[C@@H]1CN(Cc2ccc(C(=O)O)cc2)C[C@H](C)N1Cc1ccc2ccccc2c1. The van der Waals surface area contributed by atoms with E-state index in [9.17, 15) is 4.79 Å². The number of carbonyl (C=O) groups is 1. The number of benzene rings is 3. The molecule has 3 aromatic carbocycles. The number of nitrogens with zero attached hydrogens (tertiary/aromatic N) is 2. The number of rotatable bonds is 5. The Morgan fingerprint density at radius 3 is 2.14 bits per heavy atom. The van der Waals surface area contributed by atoms with Gasteiger partial charge in [0.05, 0.1) is 5.56 Å². The molecule has 0 aliphatic carbocycles. The average Bonchev–Trinajstić information content (AvgIpc) is 2.71. The number of carboxylic acids is 1. The van der Waals surface area contributed by atoms with E-state index in [1.54, 1.807) is 12.1 Å². The van der Waals surface area contributed by atoms with E-state index >= 15 is 0 Å². The standard InChI is InChI=1S/C25H28N2O2/c1-18-14-26(16-20-7-11-23(12-8-20)25(28)29)15-19(2)27(18)17-21-9-10-22-5-3-4-6-24(22)13-21/h3-13,18-19H,14-17H2,1-2H3,(H,28,29)/t18-,19+. The number of hydrogen-bond donors (Lipinski definition) is 1. The van der Waals surface area contributed by atoms with E-state index in [1.165, 1.54) is 16.3 Å². The van der Waals surface area contributed by atoms with Gasteiger partial charge in [-0.1, -0.05) is 48.5 Å². The zero-order valence-corrected chi connectivity index (χ0v) is 17.1. The monoisotopic (exact) mass is 388 g/mol. The summed E-state index contributed by atoms with van der Waals surface area (Å²) in [5, 5.41) is 11.6. The number of aromatic carboxylic acids is 1. The lowest BCUT2D eigenvalue weighted by Crippen LogP contribution is -2.55. The molecule has 0 saturated carbocycles. The minimum atomic E-state index is -0.874. The Balaban J connectivity index is 1.41. The van der Waals surface area contributed by atoms with Crippen LogP contribution in [0.1, 0.15) is 35.3 Å². The van der Waals surface area contributed by atoms with Crippen LogP contribution < -0.4 is 0 Å². The van der Waals surface area contributed by atoms with Crippen molar-refractivity contribution in [1.29, 1.82) is 0 Å². The molecule has 150 valence electrons. The smallest absolute Gasteiger partial charge is 0.335 e. The molecule has 4 rings (SSSR count). The fourth-order valence-corrected chi connectivity index (χ4v) is 4.47. The lowest BCUT2D eigenvalue weighted by atomic mass is 10.0. The predicted molar refractivity (Wildman–Crippen MR) is 117 cm³/mol. The van der Waals surface area contributed by atoms with Gasteiger partial charge in [-0.2, -0.15) is 0 Å². The van der Waals surface area contributed by atoms with Gasteiger partial charge in [0.25, 0.3) is 0 Å². The van der Waals surface area contributed by atoms with Crippen LogP contribution in [0.25, 0.3) is 10.8 Å². The van der Waals surface area contributed by atoms with Gasteiger partial charge in [0, 0.05) is 38.3 Å². The van der Waals surface area contributed by atoms with Crippen molar-refractivity contribution >= 4 is 16.7 Å². The molecule has 1 aliphatic heterocycles. The van der Waals surface area contributed by atoms with Gasteiger partial charge in [0.1, 0.15) is 0 Å². The minimum Gasteiger partial charge on any atom is -0.478 e. The molecule has 4 heteroatoms.